The molecule has 4 nitrogen and oxygen atoms in total. The van der Waals surface area contributed by atoms with E-state index >= 15 is 0 Å². The maximum absolute atomic E-state index is 13.2. The first-order valence-corrected chi connectivity index (χ1v) is 10.8. The molecule has 0 aliphatic rings. The van der Waals surface area contributed by atoms with E-state index in [2.05, 4.69) is 5.32 Å². The van der Waals surface area contributed by atoms with E-state index in [1.54, 1.807) is 35.2 Å². The molecule has 0 unspecified atom stereocenters. The van der Waals surface area contributed by atoms with E-state index in [1.807, 2.05) is 20.8 Å². The monoisotopic (exact) mass is 452 g/mol. The highest BCUT2D eigenvalue weighted by Crippen LogP contribution is 2.24. The fourth-order valence-electron chi connectivity index (χ4n) is 3.07. The highest BCUT2D eigenvalue weighted by Gasteiger charge is 2.29. The molecule has 2 aromatic rings. The molecule has 0 saturated carbocycles. The Hall–Kier alpha value is -2.11. The minimum absolute atomic E-state index is 0.00516. The average molecular weight is 453 g/mol. The van der Waals surface area contributed by atoms with Crippen LogP contribution >= 0.6 is 23.2 Å². The van der Waals surface area contributed by atoms with Crippen LogP contribution in [0.4, 0.5) is 4.39 Å². The fraction of sp³-hybridized carbons (Fsp3) is 0.391. The molecule has 2 atom stereocenters. The van der Waals surface area contributed by atoms with Crippen LogP contribution in [0.2, 0.25) is 10.0 Å². The quantitative estimate of drug-likeness (QED) is 0.553. The predicted molar refractivity (Wildman–Crippen MR) is 119 cm³/mol. The molecule has 162 valence electrons. The van der Waals surface area contributed by atoms with Gasteiger partial charge in [0, 0.05) is 12.6 Å². The molecule has 1 N–H and O–H groups in total. The van der Waals surface area contributed by atoms with Crippen LogP contribution in [0.1, 0.15) is 44.7 Å². The molecule has 0 saturated heterocycles. The number of hydrogen-bond donors (Lipinski definition) is 1. The predicted octanol–water partition coefficient (Wildman–Crippen LogP) is 5.40. The van der Waals surface area contributed by atoms with Gasteiger partial charge in [0.05, 0.1) is 16.5 Å². The van der Waals surface area contributed by atoms with Gasteiger partial charge in [-0.15, -0.1) is 0 Å². The number of hydrogen-bond acceptors (Lipinski definition) is 2. The van der Waals surface area contributed by atoms with Crippen molar-refractivity contribution in [1.82, 2.24) is 10.2 Å². The second-order valence-electron chi connectivity index (χ2n) is 7.32. The molecular formula is C23H27Cl2FN2O2. The van der Waals surface area contributed by atoms with E-state index in [0.717, 1.165) is 12.0 Å². The van der Waals surface area contributed by atoms with Crippen LogP contribution in [0.3, 0.4) is 0 Å². The minimum Gasteiger partial charge on any atom is -0.352 e. The number of nitrogens with zero attached hydrogens (tertiary/aromatic N) is 1. The first kappa shape index (κ1) is 24.2. The summed E-state index contributed by atoms with van der Waals surface area (Å²) in [6, 6.07) is 10.3. The number of benzene rings is 2. The van der Waals surface area contributed by atoms with Crippen molar-refractivity contribution in [3.63, 3.8) is 0 Å². The van der Waals surface area contributed by atoms with Gasteiger partial charge in [-0.3, -0.25) is 9.59 Å². The Morgan fingerprint density at radius 3 is 2.20 bits per heavy atom. The lowest BCUT2D eigenvalue weighted by Gasteiger charge is -2.31. The van der Waals surface area contributed by atoms with Gasteiger partial charge in [0.25, 0.3) is 0 Å². The van der Waals surface area contributed by atoms with E-state index in [-0.39, 0.29) is 36.6 Å². The minimum atomic E-state index is -0.638. The van der Waals surface area contributed by atoms with Crippen LogP contribution in [0.5, 0.6) is 0 Å². The molecule has 2 amide bonds. The summed E-state index contributed by atoms with van der Waals surface area (Å²) in [5.41, 5.74) is 1.45. The van der Waals surface area contributed by atoms with Crippen LogP contribution in [0, 0.1) is 5.82 Å². The third kappa shape index (κ3) is 6.71. The summed E-state index contributed by atoms with van der Waals surface area (Å²) in [4.78, 5) is 27.7. The summed E-state index contributed by atoms with van der Waals surface area (Å²) in [6.07, 6.45) is 1.31. The number of halogens is 3. The maximum Gasteiger partial charge on any atom is 0.243 e. The second kappa shape index (κ2) is 11.3. The molecule has 0 radical (unpaired) electrons. The summed E-state index contributed by atoms with van der Waals surface area (Å²) in [5, 5.41) is 3.77. The summed E-state index contributed by atoms with van der Waals surface area (Å²) in [6.45, 7) is 5.99. The first-order chi connectivity index (χ1) is 14.2. The lowest BCUT2D eigenvalue weighted by molar-refractivity contribution is -0.141. The van der Waals surface area contributed by atoms with Crippen LogP contribution < -0.4 is 5.32 Å². The van der Waals surface area contributed by atoms with Crippen LogP contribution in [0.25, 0.3) is 0 Å². The second-order valence-corrected chi connectivity index (χ2v) is 8.13. The van der Waals surface area contributed by atoms with Gasteiger partial charge in [0.1, 0.15) is 11.9 Å². The van der Waals surface area contributed by atoms with Crippen molar-refractivity contribution >= 4 is 35.0 Å². The van der Waals surface area contributed by atoms with Crippen LogP contribution in [0.15, 0.2) is 42.5 Å². The molecule has 2 aromatic carbocycles. The third-order valence-corrected chi connectivity index (χ3v) is 5.73. The van der Waals surface area contributed by atoms with Gasteiger partial charge in [-0.05, 0) is 55.2 Å². The van der Waals surface area contributed by atoms with Gasteiger partial charge in [0.15, 0.2) is 0 Å². The van der Waals surface area contributed by atoms with E-state index in [0.29, 0.717) is 22.0 Å². The maximum atomic E-state index is 13.2. The first-order valence-electron chi connectivity index (χ1n) is 10.0. The zero-order chi connectivity index (χ0) is 22.3. The number of amides is 2. The van der Waals surface area contributed by atoms with Crippen LogP contribution in [-0.4, -0.2) is 28.8 Å². The van der Waals surface area contributed by atoms with Crippen molar-refractivity contribution in [3.8, 4) is 0 Å². The largest absolute Gasteiger partial charge is 0.352 e. The van der Waals surface area contributed by atoms with E-state index < -0.39 is 6.04 Å². The Balaban J connectivity index is 2.31. The molecule has 0 aliphatic heterocycles. The Morgan fingerprint density at radius 1 is 1.00 bits per heavy atom. The molecule has 0 heterocycles. The normalized spacial score (nSPS) is 12.9. The molecule has 0 aromatic heterocycles. The Morgan fingerprint density at radius 2 is 1.63 bits per heavy atom. The van der Waals surface area contributed by atoms with Gasteiger partial charge in [-0.1, -0.05) is 55.2 Å². The van der Waals surface area contributed by atoms with Crippen molar-refractivity contribution in [2.45, 2.75) is 58.7 Å². The van der Waals surface area contributed by atoms with Gasteiger partial charge >= 0.3 is 0 Å². The number of carbonyl (C=O) groups excluding carboxylic acids is 2. The van der Waals surface area contributed by atoms with E-state index in [1.165, 1.54) is 12.1 Å². The van der Waals surface area contributed by atoms with Gasteiger partial charge in [0.2, 0.25) is 11.8 Å². The number of nitrogens with one attached hydrogen (secondary N) is 1. The molecule has 7 heteroatoms. The van der Waals surface area contributed by atoms with Crippen molar-refractivity contribution in [2.24, 2.45) is 0 Å². The highest BCUT2D eigenvalue weighted by atomic mass is 35.5. The zero-order valence-electron chi connectivity index (χ0n) is 17.4. The van der Waals surface area contributed by atoms with Gasteiger partial charge < -0.3 is 10.2 Å². The van der Waals surface area contributed by atoms with Gasteiger partial charge in [-0.2, -0.15) is 0 Å². The van der Waals surface area contributed by atoms with Crippen molar-refractivity contribution in [3.05, 3.63) is 69.5 Å². The van der Waals surface area contributed by atoms with Crippen molar-refractivity contribution in [2.75, 3.05) is 0 Å². The molecule has 30 heavy (non-hydrogen) atoms. The van der Waals surface area contributed by atoms with Crippen molar-refractivity contribution < 1.29 is 14.0 Å². The topological polar surface area (TPSA) is 49.4 Å². The summed E-state index contributed by atoms with van der Waals surface area (Å²) >= 11 is 12.1. The summed E-state index contributed by atoms with van der Waals surface area (Å²) in [5.74, 6) is -0.781. The van der Waals surface area contributed by atoms with E-state index in [9.17, 15) is 14.0 Å². The van der Waals surface area contributed by atoms with Gasteiger partial charge in [-0.25, -0.2) is 4.39 Å². The molecule has 0 aliphatic carbocycles. The highest BCUT2D eigenvalue weighted by molar-refractivity contribution is 6.42. The molecule has 0 spiro atoms. The molecule has 2 rings (SSSR count). The van der Waals surface area contributed by atoms with Crippen LogP contribution in [-0.2, 0) is 22.6 Å². The molecular weight excluding hydrogens is 426 g/mol. The SMILES string of the molecule is CC[C@@H](C)NC(=O)[C@@H](CC)N(Cc1ccc(Cl)c(Cl)c1)C(=O)Cc1ccc(F)cc1. The van der Waals surface area contributed by atoms with E-state index in [4.69, 9.17) is 23.2 Å². The van der Waals surface area contributed by atoms with Crippen molar-refractivity contribution in [1.29, 1.82) is 0 Å². The Kier molecular flexibility index (Phi) is 9.12. The number of rotatable bonds is 9. The summed E-state index contributed by atoms with van der Waals surface area (Å²) in [7, 11) is 0. The number of carbonyl (C=O) groups is 2. The molecule has 0 bridgehead atoms. The third-order valence-electron chi connectivity index (χ3n) is 4.99. The summed E-state index contributed by atoms with van der Waals surface area (Å²) < 4.78 is 13.2. The fourth-order valence-corrected chi connectivity index (χ4v) is 3.39. The Labute approximate surface area is 187 Å². The standard InChI is InChI=1S/C23H27Cl2FN2O2/c1-4-15(3)27-23(30)21(5-2)28(14-17-8-11-19(24)20(25)12-17)22(29)13-16-6-9-18(26)10-7-16/h6-12,15,21H,4-5,13-14H2,1-3H3,(H,27,30)/t15-,21-/m1/s1. The Bertz CT molecular complexity index is 874. The lowest BCUT2D eigenvalue weighted by atomic mass is 10.1. The smallest absolute Gasteiger partial charge is 0.243 e. The lowest BCUT2D eigenvalue weighted by Crippen LogP contribution is -2.51. The zero-order valence-corrected chi connectivity index (χ0v) is 18.9. The molecule has 0 fully saturated rings. The average Bonchev–Trinajstić information content (AvgIpc) is 2.72.